The van der Waals surface area contributed by atoms with Gasteiger partial charge in [0.05, 0.1) is 12.7 Å². The van der Waals surface area contributed by atoms with Gasteiger partial charge in [0.2, 0.25) is 0 Å². The van der Waals surface area contributed by atoms with Crippen LogP contribution in [-0.2, 0) is 4.74 Å². The predicted octanol–water partition coefficient (Wildman–Crippen LogP) is 6.00. The summed E-state index contributed by atoms with van der Waals surface area (Å²) in [5.41, 5.74) is 1.46. The van der Waals surface area contributed by atoms with Crippen LogP contribution in [0.25, 0.3) is 11.1 Å². The zero-order valence-corrected chi connectivity index (χ0v) is 15.2. The van der Waals surface area contributed by atoms with Gasteiger partial charge in [0.1, 0.15) is 5.75 Å². The van der Waals surface area contributed by atoms with Crippen LogP contribution >= 0.6 is 0 Å². The molecule has 0 aromatic heterocycles. The predicted molar refractivity (Wildman–Crippen MR) is 99.3 cm³/mol. The molecular weight excluding hydrogens is 334 g/mol. The average Bonchev–Trinajstić information content (AvgIpc) is 2.68. The Hall–Kier alpha value is -1.94. The lowest BCUT2D eigenvalue weighted by molar-refractivity contribution is 0.0132. The molecule has 0 N–H and O–H groups in total. The van der Waals surface area contributed by atoms with Crippen LogP contribution in [-0.4, -0.2) is 19.3 Å². The molecule has 0 heterocycles. The third-order valence-electron chi connectivity index (χ3n) is 4.92. The summed E-state index contributed by atoms with van der Waals surface area (Å²) >= 11 is 0. The van der Waals surface area contributed by atoms with Crippen LogP contribution in [0.15, 0.2) is 42.5 Å². The first kappa shape index (κ1) is 18.8. The molecule has 26 heavy (non-hydrogen) atoms. The molecule has 2 nitrogen and oxygen atoms in total. The Labute approximate surface area is 154 Å². The zero-order chi connectivity index (χ0) is 18.4. The maximum Gasteiger partial charge on any atom is 0.159 e. The van der Waals surface area contributed by atoms with E-state index in [1.165, 1.54) is 6.07 Å². The van der Waals surface area contributed by atoms with Crippen molar-refractivity contribution in [1.29, 1.82) is 0 Å². The third kappa shape index (κ3) is 5.04. The van der Waals surface area contributed by atoms with Crippen molar-refractivity contribution in [3.05, 3.63) is 54.1 Å². The molecule has 1 fully saturated rings. The van der Waals surface area contributed by atoms with Crippen LogP contribution in [0.5, 0.6) is 5.75 Å². The fourth-order valence-corrected chi connectivity index (χ4v) is 3.40. The van der Waals surface area contributed by atoms with Gasteiger partial charge in [-0.1, -0.05) is 25.1 Å². The molecule has 0 unspecified atom stereocenters. The number of benzene rings is 2. The largest absolute Gasteiger partial charge is 0.493 e. The summed E-state index contributed by atoms with van der Waals surface area (Å²) in [4.78, 5) is 0. The van der Waals surface area contributed by atoms with Crippen molar-refractivity contribution in [2.45, 2.75) is 45.1 Å². The molecule has 0 spiro atoms. The van der Waals surface area contributed by atoms with Gasteiger partial charge in [0.15, 0.2) is 11.6 Å². The highest BCUT2D eigenvalue weighted by molar-refractivity contribution is 5.65. The van der Waals surface area contributed by atoms with E-state index >= 15 is 0 Å². The van der Waals surface area contributed by atoms with Gasteiger partial charge in [-0.05, 0) is 73.4 Å². The molecule has 2 aromatic rings. The van der Waals surface area contributed by atoms with Gasteiger partial charge < -0.3 is 9.47 Å². The van der Waals surface area contributed by atoms with E-state index in [1.54, 1.807) is 6.07 Å². The monoisotopic (exact) mass is 360 g/mol. The molecule has 3 rings (SSSR count). The van der Waals surface area contributed by atoms with Gasteiger partial charge in [-0.3, -0.25) is 0 Å². The highest BCUT2D eigenvalue weighted by Crippen LogP contribution is 2.29. The maximum absolute atomic E-state index is 13.4. The second-order valence-corrected chi connectivity index (χ2v) is 6.98. The van der Waals surface area contributed by atoms with Crippen LogP contribution < -0.4 is 4.74 Å². The van der Waals surface area contributed by atoms with Gasteiger partial charge in [-0.15, -0.1) is 0 Å². The Bertz CT molecular complexity index is 709. The quantitative estimate of drug-likeness (QED) is 0.603. The van der Waals surface area contributed by atoms with Crippen molar-refractivity contribution < 1.29 is 18.3 Å². The minimum atomic E-state index is -0.837. The summed E-state index contributed by atoms with van der Waals surface area (Å²) in [5.74, 6) is -0.365. The first-order valence-corrected chi connectivity index (χ1v) is 9.45. The number of rotatable bonds is 7. The molecule has 4 heteroatoms. The number of hydrogen-bond acceptors (Lipinski definition) is 2. The highest BCUT2D eigenvalue weighted by Gasteiger charge is 2.22. The molecule has 2 aromatic carbocycles. The van der Waals surface area contributed by atoms with E-state index in [-0.39, 0.29) is 0 Å². The molecule has 0 atom stereocenters. The van der Waals surface area contributed by atoms with Crippen LogP contribution in [0.1, 0.15) is 39.0 Å². The molecule has 140 valence electrons. The lowest BCUT2D eigenvalue weighted by Crippen LogP contribution is -2.25. The van der Waals surface area contributed by atoms with E-state index in [2.05, 4.69) is 6.92 Å². The van der Waals surface area contributed by atoms with Gasteiger partial charge in [-0.25, -0.2) is 8.78 Å². The smallest absolute Gasteiger partial charge is 0.159 e. The summed E-state index contributed by atoms with van der Waals surface area (Å²) in [6.07, 6.45) is 5.92. The Morgan fingerprint density at radius 3 is 2.42 bits per heavy atom. The topological polar surface area (TPSA) is 18.5 Å². The van der Waals surface area contributed by atoms with Crippen LogP contribution in [0.2, 0.25) is 0 Å². The fourth-order valence-electron chi connectivity index (χ4n) is 3.40. The molecular formula is C22H26F2O2. The minimum absolute atomic E-state index is 0.405. The van der Waals surface area contributed by atoms with Crippen molar-refractivity contribution in [3.8, 4) is 16.9 Å². The number of ether oxygens (including phenoxy) is 2. The summed E-state index contributed by atoms with van der Waals surface area (Å²) in [6, 6.07) is 11.5. The summed E-state index contributed by atoms with van der Waals surface area (Å²) < 4.78 is 38.4. The van der Waals surface area contributed by atoms with Gasteiger partial charge in [0, 0.05) is 6.61 Å². The van der Waals surface area contributed by atoms with E-state index < -0.39 is 11.6 Å². The van der Waals surface area contributed by atoms with E-state index in [9.17, 15) is 8.78 Å². The van der Waals surface area contributed by atoms with Crippen LogP contribution in [0.4, 0.5) is 8.78 Å². The number of hydrogen-bond donors (Lipinski definition) is 0. The lowest BCUT2D eigenvalue weighted by atomic mass is 9.88. The molecule has 0 radical (unpaired) electrons. The second-order valence-electron chi connectivity index (χ2n) is 6.98. The Balaban J connectivity index is 1.54. The maximum atomic E-state index is 13.4. The lowest BCUT2D eigenvalue weighted by Gasteiger charge is -2.28. The molecule has 0 bridgehead atoms. The number of halogens is 2. The van der Waals surface area contributed by atoms with E-state index in [4.69, 9.17) is 9.47 Å². The Morgan fingerprint density at radius 1 is 0.923 bits per heavy atom. The summed E-state index contributed by atoms with van der Waals surface area (Å²) in [5, 5.41) is 0. The second kappa shape index (κ2) is 9.13. The molecule has 0 saturated heterocycles. The zero-order valence-electron chi connectivity index (χ0n) is 15.2. The fraction of sp³-hybridized carbons (Fsp3) is 0.455. The summed E-state index contributed by atoms with van der Waals surface area (Å²) in [7, 11) is 0. The molecule has 1 aliphatic rings. The normalized spacial score (nSPS) is 20.1. The van der Waals surface area contributed by atoms with Crippen molar-refractivity contribution in [3.63, 3.8) is 0 Å². The molecule has 1 saturated carbocycles. The SMILES string of the molecule is CCCOC1CCC(COc2cccc(-c3ccc(F)c(F)c3)c2)CC1. The van der Waals surface area contributed by atoms with E-state index in [0.29, 0.717) is 24.2 Å². The Kier molecular flexibility index (Phi) is 6.62. The first-order chi connectivity index (χ1) is 12.7. The van der Waals surface area contributed by atoms with Crippen molar-refractivity contribution in [2.24, 2.45) is 5.92 Å². The van der Waals surface area contributed by atoms with Gasteiger partial charge in [-0.2, -0.15) is 0 Å². The summed E-state index contributed by atoms with van der Waals surface area (Å²) in [6.45, 7) is 3.66. The van der Waals surface area contributed by atoms with Crippen molar-refractivity contribution >= 4 is 0 Å². The highest BCUT2D eigenvalue weighted by atomic mass is 19.2. The van der Waals surface area contributed by atoms with Gasteiger partial charge in [0.25, 0.3) is 0 Å². The van der Waals surface area contributed by atoms with E-state index in [0.717, 1.165) is 56.1 Å². The molecule has 1 aliphatic carbocycles. The minimum Gasteiger partial charge on any atom is -0.493 e. The first-order valence-electron chi connectivity index (χ1n) is 9.45. The van der Waals surface area contributed by atoms with E-state index in [1.807, 2.05) is 24.3 Å². The van der Waals surface area contributed by atoms with Crippen molar-refractivity contribution in [1.82, 2.24) is 0 Å². The van der Waals surface area contributed by atoms with Crippen LogP contribution in [0.3, 0.4) is 0 Å². The third-order valence-corrected chi connectivity index (χ3v) is 4.92. The standard InChI is InChI=1S/C22H26F2O2/c1-2-12-25-19-9-6-16(7-10-19)15-26-20-5-3-4-17(13-20)18-8-11-21(23)22(24)14-18/h3-5,8,11,13-14,16,19H,2,6-7,9-10,12,15H2,1H3. The average molecular weight is 360 g/mol. The Morgan fingerprint density at radius 2 is 1.69 bits per heavy atom. The van der Waals surface area contributed by atoms with Crippen LogP contribution in [0, 0.1) is 17.6 Å². The van der Waals surface area contributed by atoms with Crippen molar-refractivity contribution in [2.75, 3.05) is 13.2 Å². The molecule has 0 aliphatic heterocycles. The molecule has 0 amide bonds. The van der Waals surface area contributed by atoms with Gasteiger partial charge >= 0.3 is 0 Å².